The van der Waals surface area contributed by atoms with Gasteiger partial charge in [-0.2, -0.15) is 5.26 Å². The van der Waals surface area contributed by atoms with Crippen LogP contribution in [-0.2, 0) is 11.3 Å². The van der Waals surface area contributed by atoms with Crippen molar-refractivity contribution in [3.05, 3.63) is 35.4 Å². The van der Waals surface area contributed by atoms with Crippen molar-refractivity contribution in [2.24, 2.45) is 11.8 Å². The SMILES string of the molecule is N#Cc1ccc(CNCC2CCC(C(=O)O)CC2)cc1. The first-order valence-corrected chi connectivity index (χ1v) is 7.11. The summed E-state index contributed by atoms with van der Waals surface area (Å²) in [6.45, 7) is 1.73. The van der Waals surface area contributed by atoms with E-state index in [-0.39, 0.29) is 5.92 Å². The summed E-state index contributed by atoms with van der Waals surface area (Å²) in [4.78, 5) is 10.9. The summed E-state index contributed by atoms with van der Waals surface area (Å²) in [5.41, 5.74) is 1.85. The van der Waals surface area contributed by atoms with Gasteiger partial charge in [0.15, 0.2) is 0 Å². The van der Waals surface area contributed by atoms with Gasteiger partial charge in [-0.25, -0.2) is 0 Å². The normalized spacial score (nSPS) is 22.1. The van der Waals surface area contributed by atoms with Gasteiger partial charge in [-0.05, 0) is 55.8 Å². The highest BCUT2D eigenvalue weighted by Crippen LogP contribution is 2.28. The molecule has 1 aliphatic carbocycles. The molecule has 106 valence electrons. The van der Waals surface area contributed by atoms with E-state index in [2.05, 4.69) is 11.4 Å². The molecule has 0 amide bonds. The van der Waals surface area contributed by atoms with Crippen LogP contribution in [0, 0.1) is 23.2 Å². The molecule has 4 nitrogen and oxygen atoms in total. The molecule has 1 aliphatic rings. The van der Waals surface area contributed by atoms with E-state index in [4.69, 9.17) is 10.4 Å². The van der Waals surface area contributed by atoms with Crippen LogP contribution in [0.2, 0.25) is 0 Å². The number of hydrogen-bond donors (Lipinski definition) is 2. The minimum Gasteiger partial charge on any atom is -0.481 e. The number of nitrogens with zero attached hydrogens (tertiary/aromatic N) is 1. The van der Waals surface area contributed by atoms with Crippen LogP contribution in [0.1, 0.15) is 36.8 Å². The van der Waals surface area contributed by atoms with Gasteiger partial charge in [0.25, 0.3) is 0 Å². The first kappa shape index (κ1) is 14.5. The third-order valence-electron chi connectivity index (χ3n) is 4.04. The van der Waals surface area contributed by atoms with Gasteiger partial charge < -0.3 is 10.4 Å². The van der Waals surface area contributed by atoms with Crippen molar-refractivity contribution in [2.75, 3.05) is 6.54 Å². The molecule has 0 aromatic heterocycles. The van der Waals surface area contributed by atoms with E-state index in [1.807, 2.05) is 24.3 Å². The number of benzene rings is 1. The summed E-state index contributed by atoms with van der Waals surface area (Å²) >= 11 is 0. The lowest BCUT2D eigenvalue weighted by atomic mass is 9.82. The summed E-state index contributed by atoms with van der Waals surface area (Å²) in [5.74, 6) is -0.192. The molecule has 0 saturated heterocycles. The Bertz CT molecular complexity index is 482. The van der Waals surface area contributed by atoms with Crippen molar-refractivity contribution < 1.29 is 9.90 Å². The fourth-order valence-corrected chi connectivity index (χ4v) is 2.73. The predicted molar refractivity (Wildman–Crippen MR) is 75.9 cm³/mol. The van der Waals surface area contributed by atoms with E-state index < -0.39 is 5.97 Å². The van der Waals surface area contributed by atoms with Crippen LogP contribution in [-0.4, -0.2) is 17.6 Å². The van der Waals surface area contributed by atoms with Gasteiger partial charge in [-0.1, -0.05) is 12.1 Å². The number of carbonyl (C=O) groups is 1. The number of carboxylic acid groups (broad SMARTS) is 1. The smallest absolute Gasteiger partial charge is 0.306 e. The number of carboxylic acids is 1. The topological polar surface area (TPSA) is 73.1 Å². The highest BCUT2D eigenvalue weighted by molar-refractivity contribution is 5.69. The monoisotopic (exact) mass is 272 g/mol. The Morgan fingerprint density at radius 1 is 1.25 bits per heavy atom. The Hall–Kier alpha value is -1.86. The number of rotatable bonds is 5. The third-order valence-corrected chi connectivity index (χ3v) is 4.04. The highest BCUT2D eigenvalue weighted by Gasteiger charge is 2.25. The minimum atomic E-state index is -0.644. The van der Waals surface area contributed by atoms with Crippen LogP contribution in [0.4, 0.5) is 0 Å². The van der Waals surface area contributed by atoms with Crippen LogP contribution in [0.15, 0.2) is 24.3 Å². The van der Waals surface area contributed by atoms with Crippen LogP contribution in [0.3, 0.4) is 0 Å². The van der Waals surface area contributed by atoms with Gasteiger partial charge >= 0.3 is 5.97 Å². The fraction of sp³-hybridized carbons (Fsp3) is 0.500. The molecule has 1 aromatic carbocycles. The number of nitrogens with one attached hydrogen (secondary N) is 1. The molecule has 4 heteroatoms. The molecule has 1 saturated carbocycles. The van der Waals surface area contributed by atoms with E-state index in [1.54, 1.807) is 0 Å². The lowest BCUT2D eigenvalue weighted by Gasteiger charge is -2.26. The van der Waals surface area contributed by atoms with Crippen LogP contribution < -0.4 is 5.32 Å². The fourth-order valence-electron chi connectivity index (χ4n) is 2.73. The lowest BCUT2D eigenvalue weighted by Crippen LogP contribution is -2.28. The molecule has 0 atom stereocenters. The summed E-state index contributed by atoms with van der Waals surface area (Å²) < 4.78 is 0. The molecule has 0 unspecified atom stereocenters. The maximum absolute atomic E-state index is 10.9. The van der Waals surface area contributed by atoms with Crippen molar-refractivity contribution in [3.63, 3.8) is 0 Å². The Balaban J connectivity index is 1.69. The first-order chi connectivity index (χ1) is 9.69. The van der Waals surface area contributed by atoms with Crippen LogP contribution >= 0.6 is 0 Å². The second-order valence-corrected chi connectivity index (χ2v) is 5.50. The molecule has 0 aliphatic heterocycles. The van der Waals surface area contributed by atoms with Gasteiger partial charge in [0.1, 0.15) is 0 Å². The zero-order chi connectivity index (χ0) is 14.4. The van der Waals surface area contributed by atoms with Crippen molar-refractivity contribution in [3.8, 4) is 6.07 Å². The van der Waals surface area contributed by atoms with Crippen molar-refractivity contribution in [2.45, 2.75) is 32.2 Å². The molecule has 0 bridgehead atoms. The van der Waals surface area contributed by atoms with E-state index in [0.717, 1.165) is 38.8 Å². The van der Waals surface area contributed by atoms with Gasteiger partial charge in [-0.15, -0.1) is 0 Å². The van der Waals surface area contributed by atoms with Crippen LogP contribution in [0.25, 0.3) is 0 Å². The molecule has 0 radical (unpaired) electrons. The molecular weight excluding hydrogens is 252 g/mol. The van der Waals surface area contributed by atoms with Gasteiger partial charge in [0.05, 0.1) is 17.6 Å². The molecule has 0 spiro atoms. The third kappa shape index (κ3) is 4.07. The van der Waals surface area contributed by atoms with E-state index in [9.17, 15) is 4.79 Å². The summed E-state index contributed by atoms with van der Waals surface area (Å²) in [7, 11) is 0. The summed E-state index contributed by atoms with van der Waals surface area (Å²) in [6.07, 6.45) is 3.60. The summed E-state index contributed by atoms with van der Waals surface area (Å²) in [6, 6.07) is 9.69. The maximum Gasteiger partial charge on any atom is 0.306 e. The van der Waals surface area contributed by atoms with Crippen LogP contribution in [0.5, 0.6) is 0 Å². The molecular formula is C16H20N2O2. The quantitative estimate of drug-likeness (QED) is 0.864. The minimum absolute atomic E-state index is 0.134. The standard InChI is InChI=1S/C16H20N2O2/c17-9-12-1-3-13(4-2-12)10-18-11-14-5-7-15(8-6-14)16(19)20/h1-4,14-15,18H,5-8,10-11H2,(H,19,20). The van der Waals surface area contributed by atoms with E-state index in [0.29, 0.717) is 11.5 Å². The largest absolute Gasteiger partial charge is 0.481 e. The van der Waals surface area contributed by atoms with Crippen molar-refractivity contribution in [1.82, 2.24) is 5.32 Å². The number of hydrogen-bond acceptors (Lipinski definition) is 3. The van der Waals surface area contributed by atoms with Gasteiger partial charge in [0.2, 0.25) is 0 Å². The van der Waals surface area contributed by atoms with E-state index in [1.165, 1.54) is 5.56 Å². The Labute approximate surface area is 119 Å². The van der Waals surface area contributed by atoms with Crippen molar-refractivity contribution in [1.29, 1.82) is 5.26 Å². The first-order valence-electron chi connectivity index (χ1n) is 7.11. The van der Waals surface area contributed by atoms with Gasteiger partial charge in [0, 0.05) is 6.54 Å². The number of nitriles is 1. The number of aliphatic carboxylic acids is 1. The Morgan fingerprint density at radius 2 is 1.90 bits per heavy atom. The van der Waals surface area contributed by atoms with Gasteiger partial charge in [-0.3, -0.25) is 4.79 Å². The molecule has 1 fully saturated rings. The second kappa shape index (κ2) is 7.06. The second-order valence-electron chi connectivity index (χ2n) is 5.50. The van der Waals surface area contributed by atoms with E-state index >= 15 is 0 Å². The highest BCUT2D eigenvalue weighted by atomic mass is 16.4. The van der Waals surface area contributed by atoms with Crippen molar-refractivity contribution >= 4 is 5.97 Å². The molecule has 2 N–H and O–H groups in total. The molecule has 20 heavy (non-hydrogen) atoms. The Kier molecular flexibility index (Phi) is 5.14. The summed E-state index contributed by atoms with van der Waals surface area (Å²) in [5, 5.41) is 21.1. The lowest BCUT2D eigenvalue weighted by molar-refractivity contribution is -0.143. The molecule has 1 aromatic rings. The molecule has 2 rings (SSSR count). The molecule has 0 heterocycles. The predicted octanol–water partition coefficient (Wildman–Crippen LogP) is 2.54. The zero-order valence-electron chi connectivity index (χ0n) is 11.5. The maximum atomic E-state index is 10.9. The zero-order valence-corrected chi connectivity index (χ0v) is 11.5. The average molecular weight is 272 g/mol. The Morgan fingerprint density at radius 3 is 2.45 bits per heavy atom. The average Bonchev–Trinajstić information content (AvgIpc) is 2.48.